The fraction of sp³-hybridized carbons (Fsp3) is 1.00. The van der Waals surface area contributed by atoms with Gasteiger partial charge in [-0.3, -0.25) is 0 Å². The van der Waals surface area contributed by atoms with Crippen molar-refractivity contribution in [2.75, 3.05) is 0 Å². The molecular formula is C3H3F6O+. The van der Waals surface area contributed by atoms with Crippen molar-refractivity contribution in [2.24, 2.45) is 0 Å². The van der Waals surface area contributed by atoms with E-state index in [0.717, 1.165) is 0 Å². The number of hydrogen-bond acceptors (Lipinski definition) is 0. The van der Waals surface area contributed by atoms with Crippen LogP contribution >= 0.6 is 0 Å². The molecule has 0 aliphatic carbocycles. The highest BCUT2D eigenvalue weighted by atomic mass is 19.4. The van der Waals surface area contributed by atoms with Crippen LogP contribution in [0.1, 0.15) is 0 Å². The van der Waals surface area contributed by atoms with E-state index in [-0.39, 0.29) is 0 Å². The van der Waals surface area contributed by atoms with Crippen molar-refractivity contribution >= 4 is 0 Å². The first-order chi connectivity index (χ1) is 4.15. The van der Waals surface area contributed by atoms with Gasteiger partial charge in [0.15, 0.2) is 0 Å². The van der Waals surface area contributed by atoms with Gasteiger partial charge in [0, 0.05) is 0 Å². The van der Waals surface area contributed by atoms with Crippen LogP contribution in [0.2, 0.25) is 0 Å². The molecule has 10 heavy (non-hydrogen) atoms. The average molecular weight is 169 g/mol. The lowest BCUT2D eigenvalue weighted by atomic mass is 10.3. The van der Waals surface area contributed by atoms with Crippen molar-refractivity contribution in [3.8, 4) is 0 Å². The monoisotopic (exact) mass is 169 g/mol. The maximum Gasteiger partial charge on any atom is 0.472 e. The molecule has 0 aliphatic heterocycles. The predicted octanol–water partition coefficient (Wildman–Crippen LogP) is 1.20. The zero-order valence-electron chi connectivity index (χ0n) is 4.35. The summed E-state index contributed by atoms with van der Waals surface area (Å²) in [4.78, 5) is 0. The van der Waals surface area contributed by atoms with Crippen LogP contribution in [0.15, 0.2) is 0 Å². The average Bonchev–Trinajstić information content (AvgIpc) is 1.59. The highest BCUT2D eigenvalue weighted by Gasteiger charge is 2.60. The molecule has 2 N–H and O–H groups in total. The molecule has 0 amide bonds. The van der Waals surface area contributed by atoms with Gasteiger partial charge in [-0.15, -0.1) is 0 Å². The van der Waals surface area contributed by atoms with Crippen LogP contribution in [0.4, 0.5) is 26.3 Å². The van der Waals surface area contributed by atoms with E-state index in [0.29, 0.717) is 0 Å². The van der Waals surface area contributed by atoms with Crippen molar-refractivity contribution in [3.63, 3.8) is 0 Å². The van der Waals surface area contributed by atoms with Crippen LogP contribution < -0.4 is 0 Å². The lowest BCUT2D eigenvalue weighted by molar-refractivity contribution is -0.308. The van der Waals surface area contributed by atoms with Crippen molar-refractivity contribution < 1.29 is 31.4 Å². The Bertz CT molecular complexity index is 97.1. The molecular weight excluding hydrogens is 166 g/mol. The second kappa shape index (κ2) is 2.30. The number of alkyl halides is 6. The fourth-order valence-electron chi connectivity index (χ4n) is 0.186. The second-order valence-electron chi connectivity index (χ2n) is 1.52. The topological polar surface area (TPSA) is 22.9 Å². The molecule has 0 spiro atoms. The van der Waals surface area contributed by atoms with Gasteiger partial charge in [0.25, 0.3) is 0 Å². The standard InChI is InChI=1S/C3H2F6O/c4-2(5,6)1(10)3(7,8)9/h1,10H/p+1. The zero-order valence-corrected chi connectivity index (χ0v) is 4.35. The van der Waals surface area contributed by atoms with Gasteiger partial charge in [0.2, 0.25) is 0 Å². The summed E-state index contributed by atoms with van der Waals surface area (Å²) in [6, 6.07) is 0. The molecule has 0 aromatic heterocycles. The minimum atomic E-state index is -5.52. The second-order valence-corrected chi connectivity index (χ2v) is 1.52. The Labute approximate surface area is 51.3 Å². The van der Waals surface area contributed by atoms with Crippen LogP contribution in [0.5, 0.6) is 0 Å². The van der Waals surface area contributed by atoms with Gasteiger partial charge in [-0.1, -0.05) is 0 Å². The van der Waals surface area contributed by atoms with E-state index in [1.54, 1.807) is 0 Å². The summed E-state index contributed by atoms with van der Waals surface area (Å²) in [5.41, 5.74) is 0. The van der Waals surface area contributed by atoms with E-state index in [1.165, 1.54) is 0 Å². The molecule has 0 rings (SSSR count). The van der Waals surface area contributed by atoms with Crippen molar-refractivity contribution in [3.05, 3.63) is 0 Å². The summed E-state index contributed by atoms with van der Waals surface area (Å²) >= 11 is 0. The van der Waals surface area contributed by atoms with Crippen molar-refractivity contribution in [1.29, 1.82) is 0 Å². The van der Waals surface area contributed by atoms with Crippen LogP contribution in [0, 0.1) is 0 Å². The Morgan fingerprint density at radius 2 is 1.00 bits per heavy atom. The molecule has 0 unspecified atom stereocenters. The molecule has 0 heterocycles. The Morgan fingerprint density at radius 3 is 1.00 bits per heavy atom. The van der Waals surface area contributed by atoms with Gasteiger partial charge < -0.3 is 5.11 Å². The maximum atomic E-state index is 11.0. The quantitative estimate of drug-likeness (QED) is 0.384. The first-order valence-corrected chi connectivity index (χ1v) is 2.00. The van der Waals surface area contributed by atoms with E-state index in [1.807, 2.05) is 0 Å². The minimum absolute atomic E-state index is 3.99. The van der Waals surface area contributed by atoms with Crippen LogP contribution in [-0.4, -0.2) is 23.6 Å². The third-order valence-corrected chi connectivity index (χ3v) is 0.655. The Hall–Kier alpha value is -0.460. The SMILES string of the molecule is [OH2+]C(C(F)(F)F)C(F)(F)F. The molecule has 0 saturated carbocycles. The summed E-state index contributed by atoms with van der Waals surface area (Å²) in [5, 5.41) is 5.62. The number of halogens is 6. The third kappa shape index (κ3) is 2.42. The molecule has 0 atom stereocenters. The van der Waals surface area contributed by atoms with E-state index in [9.17, 15) is 26.3 Å². The first kappa shape index (κ1) is 9.54. The highest BCUT2D eigenvalue weighted by molar-refractivity contribution is 4.72. The summed E-state index contributed by atoms with van der Waals surface area (Å²) in [6.45, 7) is 0. The van der Waals surface area contributed by atoms with Gasteiger partial charge >= 0.3 is 18.5 Å². The van der Waals surface area contributed by atoms with E-state index in [4.69, 9.17) is 5.11 Å². The number of hydrogen-bond donors (Lipinski definition) is 0. The molecule has 0 aliphatic rings. The Balaban J connectivity index is 4.23. The Kier molecular flexibility index (Phi) is 2.19. The Morgan fingerprint density at radius 1 is 0.800 bits per heavy atom. The summed E-state index contributed by atoms with van der Waals surface area (Å²) in [6.07, 6.45) is -15.0. The third-order valence-electron chi connectivity index (χ3n) is 0.655. The lowest BCUT2D eigenvalue weighted by Gasteiger charge is -2.12. The molecule has 0 saturated heterocycles. The van der Waals surface area contributed by atoms with Crippen molar-refractivity contribution in [2.45, 2.75) is 18.5 Å². The summed E-state index contributed by atoms with van der Waals surface area (Å²) < 4.78 is 66.2. The van der Waals surface area contributed by atoms with E-state index < -0.39 is 18.5 Å². The normalized spacial score (nSPS) is 14.4. The first-order valence-electron chi connectivity index (χ1n) is 2.00. The van der Waals surface area contributed by atoms with Gasteiger partial charge in [0.1, 0.15) is 0 Å². The van der Waals surface area contributed by atoms with Gasteiger partial charge in [0.05, 0.1) is 0 Å². The van der Waals surface area contributed by atoms with Gasteiger partial charge in [-0.05, 0) is 0 Å². The highest BCUT2D eigenvalue weighted by Crippen LogP contribution is 2.32. The van der Waals surface area contributed by atoms with Crippen molar-refractivity contribution in [1.82, 2.24) is 0 Å². The lowest BCUT2D eigenvalue weighted by Crippen LogP contribution is -2.41. The smallest absolute Gasteiger partial charge is 0.430 e. The van der Waals surface area contributed by atoms with Gasteiger partial charge in [-0.2, -0.15) is 26.3 Å². The van der Waals surface area contributed by atoms with Gasteiger partial charge in [-0.25, -0.2) is 0 Å². The molecule has 0 aromatic rings. The van der Waals surface area contributed by atoms with Crippen LogP contribution in [0.25, 0.3) is 0 Å². The summed E-state index contributed by atoms with van der Waals surface area (Å²) in [5.74, 6) is 0. The minimum Gasteiger partial charge on any atom is -0.430 e. The predicted molar refractivity (Wildman–Crippen MR) is 19.5 cm³/mol. The molecule has 62 valence electrons. The fourth-order valence-corrected chi connectivity index (χ4v) is 0.186. The largest absolute Gasteiger partial charge is 0.472 e. The molecule has 1 nitrogen and oxygen atoms in total. The number of rotatable bonds is 0. The maximum absolute atomic E-state index is 11.0. The molecule has 0 radical (unpaired) electrons. The van der Waals surface area contributed by atoms with Crippen LogP contribution in [-0.2, 0) is 0 Å². The van der Waals surface area contributed by atoms with E-state index >= 15 is 0 Å². The van der Waals surface area contributed by atoms with Crippen LogP contribution in [0.3, 0.4) is 0 Å². The zero-order chi connectivity index (χ0) is 8.58. The molecule has 7 heteroatoms. The van der Waals surface area contributed by atoms with E-state index in [2.05, 4.69) is 0 Å². The molecule has 0 bridgehead atoms. The molecule has 0 aromatic carbocycles. The summed E-state index contributed by atoms with van der Waals surface area (Å²) in [7, 11) is 0. The molecule has 0 fully saturated rings.